The quantitative estimate of drug-likeness (QED) is 0.500. The predicted molar refractivity (Wildman–Crippen MR) is 104 cm³/mol. The first-order valence-corrected chi connectivity index (χ1v) is 9.80. The molecule has 5 heteroatoms. The summed E-state index contributed by atoms with van der Waals surface area (Å²) < 4.78 is 40.4. The normalized spacial score (nSPS) is 10.7. The largest absolute Gasteiger partial charge is 0.271 e. The molecule has 0 aromatic heterocycles. The molecule has 0 aliphatic heterocycles. The van der Waals surface area contributed by atoms with Gasteiger partial charge < -0.3 is 0 Å². The van der Waals surface area contributed by atoms with Gasteiger partial charge in [0.05, 0.1) is 11.4 Å². The van der Waals surface area contributed by atoms with Crippen LogP contribution in [0.2, 0.25) is 0 Å². The van der Waals surface area contributed by atoms with Gasteiger partial charge in [0, 0.05) is 11.6 Å². The van der Waals surface area contributed by atoms with E-state index in [1.807, 2.05) is 37.3 Å². The van der Waals surface area contributed by atoms with E-state index < -0.39 is 10.0 Å². The van der Waals surface area contributed by atoms with Gasteiger partial charge in [0.2, 0.25) is 0 Å². The molecule has 0 saturated carbocycles. The summed E-state index contributed by atoms with van der Waals surface area (Å²) in [6.07, 6.45) is 0. The van der Waals surface area contributed by atoms with Crippen LogP contribution in [0.15, 0.2) is 83.8 Å². The van der Waals surface area contributed by atoms with Crippen LogP contribution in [0, 0.1) is 24.7 Å². The molecule has 0 spiro atoms. The van der Waals surface area contributed by atoms with Crippen LogP contribution in [0.5, 0.6) is 0 Å². The number of hydrogen-bond donors (Lipinski definition) is 0. The SMILES string of the molecule is Cc1ccc(S(=O)(=O)N(C#Cc2ccc(F)cc2)Cc2ccccc2)cc1. The molecule has 0 N–H and O–H groups in total. The average Bonchev–Trinajstić information content (AvgIpc) is 2.67. The fraction of sp³-hybridized carbons (Fsp3) is 0.0909. The maximum absolute atomic E-state index is 13.1. The van der Waals surface area contributed by atoms with E-state index in [4.69, 9.17) is 0 Å². The zero-order valence-electron chi connectivity index (χ0n) is 14.8. The number of rotatable bonds is 4. The predicted octanol–water partition coefficient (Wildman–Crippen LogP) is 4.33. The van der Waals surface area contributed by atoms with E-state index >= 15 is 0 Å². The lowest BCUT2D eigenvalue weighted by atomic mass is 10.2. The van der Waals surface area contributed by atoms with E-state index in [1.54, 1.807) is 24.3 Å². The summed E-state index contributed by atoms with van der Waals surface area (Å²) in [6.45, 7) is 2.01. The second kappa shape index (κ2) is 8.07. The van der Waals surface area contributed by atoms with Gasteiger partial charge in [-0.15, -0.1) is 0 Å². The molecule has 0 amide bonds. The van der Waals surface area contributed by atoms with Gasteiger partial charge in [-0.3, -0.25) is 0 Å². The minimum atomic E-state index is -3.81. The number of benzene rings is 3. The van der Waals surface area contributed by atoms with E-state index in [0.717, 1.165) is 15.4 Å². The summed E-state index contributed by atoms with van der Waals surface area (Å²) in [4.78, 5) is 0.178. The molecule has 0 saturated heterocycles. The first kappa shape index (κ1) is 18.7. The molecule has 0 radical (unpaired) electrons. The molecule has 0 aliphatic carbocycles. The second-order valence-corrected chi connectivity index (χ2v) is 7.92. The van der Waals surface area contributed by atoms with Gasteiger partial charge in [0.25, 0.3) is 10.0 Å². The molecule has 0 fully saturated rings. The maximum Gasteiger partial charge on any atom is 0.271 e. The van der Waals surface area contributed by atoms with E-state index in [0.29, 0.717) is 5.56 Å². The number of aryl methyl sites for hydroxylation is 1. The van der Waals surface area contributed by atoms with Crippen LogP contribution in [-0.4, -0.2) is 12.7 Å². The van der Waals surface area contributed by atoms with Gasteiger partial charge in [-0.25, -0.2) is 17.1 Å². The second-order valence-electron chi connectivity index (χ2n) is 6.05. The van der Waals surface area contributed by atoms with Crippen molar-refractivity contribution in [2.75, 3.05) is 0 Å². The topological polar surface area (TPSA) is 37.4 Å². The van der Waals surface area contributed by atoms with Crippen molar-refractivity contribution in [3.8, 4) is 12.0 Å². The lowest BCUT2D eigenvalue weighted by Crippen LogP contribution is -2.26. The summed E-state index contributed by atoms with van der Waals surface area (Å²) in [5, 5.41) is 0. The van der Waals surface area contributed by atoms with Crippen LogP contribution in [-0.2, 0) is 16.6 Å². The molecule has 0 bridgehead atoms. The molecule has 3 aromatic carbocycles. The zero-order chi connectivity index (χ0) is 19.3. The zero-order valence-corrected chi connectivity index (χ0v) is 15.6. The number of halogens is 1. The Hall–Kier alpha value is -3.10. The molecule has 0 heterocycles. The van der Waals surface area contributed by atoms with E-state index in [1.165, 1.54) is 24.3 Å². The lowest BCUT2D eigenvalue weighted by molar-refractivity contribution is 0.508. The van der Waals surface area contributed by atoms with Gasteiger partial charge in [-0.2, -0.15) is 0 Å². The highest BCUT2D eigenvalue weighted by Crippen LogP contribution is 2.18. The maximum atomic E-state index is 13.1. The summed E-state index contributed by atoms with van der Waals surface area (Å²) in [7, 11) is -3.81. The van der Waals surface area contributed by atoms with Gasteiger partial charge in [0.15, 0.2) is 0 Å². The smallest absolute Gasteiger partial charge is 0.220 e. The van der Waals surface area contributed by atoms with Crippen LogP contribution < -0.4 is 0 Å². The Kier molecular flexibility index (Phi) is 5.58. The number of sulfonamides is 1. The van der Waals surface area contributed by atoms with Gasteiger partial charge >= 0.3 is 0 Å². The Balaban J connectivity index is 1.99. The summed E-state index contributed by atoms with van der Waals surface area (Å²) in [5.74, 6) is 2.44. The molecule has 3 nitrogen and oxygen atoms in total. The Bertz CT molecular complexity index is 1070. The standard InChI is InChI=1S/C22H18FNO2S/c1-18-7-13-22(14-8-18)27(25,26)24(17-20-5-3-2-4-6-20)16-15-19-9-11-21(23)12-10-19/h2-14H,17H2,1H3. The van der Waals surface area contributed by atoms with Crippen LogP contribution in [0.4, 0.5) is 4.39 Å². The van der Waals surface area contributed by atoms with Gasteiger partial charge in [0.1, 0.15) is 5.82 Å². The third-order valence-electron chi connectivity index (χ3n) is 3.95. The van der Waals surface area contributed by atoms with Crippen LogP contribution >= 0.6 is 0 Å². The van der Waals surface area contributed by atoms with E-state index in [2.05, 4.69) is 12.0 Å². The number of nitrogens with zero attached hydrogens (tertiary/aromatic N) is 1. The Morgan fingerprint density at radius 1 is 0.889 bits per heavy atom. The van der Waals surface area contributed by atoms with Crippen molar-refractivity contribution in [2.24, 2.45) is 0 Å². The van der Waals surface area contributed by atoms with E-state index in [-0.39, 0.29) is 17.3 Å². The highest BCUT2D eigenvalue weighted by molar-refractivity contribution is 7.89. The molecule has 0 unspecified atom stereocenters. The monoisotopic (exact) mass is 379 g/mol. The highest BCUT2D eigenvalue weighted by atomic mass is 32.2. The minimum Gasteiger partial charge on any atom is -0.220 e. The summed E-state index contributed by atoms with van der Waals surface area (Å²) in [5.41, 5.74) is 2.33. The molecule has 27 heavy (non-hydrogen) atoms. The van der Waals surface area contributed by atoms with Crippen molar-refractivity contribution in [1.29, 1.82) is 0 Å². The first-order chi connectivity index (χ1) is 12.9. The first-order valence-electron chi connectivity index (χ1n) is 8.36. The lowest BCUT2D eigenvalue weighted by Gasteiger charge is -2.18. The van der Waals surface area contributed by atoms with Crippen LogP contribution in [0.3, 0.4) is 0 Å². The van der Waals surface area contributed by atoms with Gasteiger partial charge in [-0.1, -0.05) is 48.0 Å². The Labute approximate surface area is 159 Å². The molecule has 0 atom stereocenters. The van der Waals surface area contributed by atoms with Crippen molar-refractivity contribution in [3.63, 3.8) is 0 Å². The van der Waals surface area contributed by atoms with E-state index in [9.17, 15) is 12.8 Å². The Morgan fingerprint density at radius 2 is 1.52 bits per heavy atom. The van der Waals surface area contributed by atoms with Crippen molar-refractivity contribution >= 4 is 10.0 Å². The van der Waals surface area contributed by atoms with Crippen LogP contribution in [0.1, 0.15) is 16.7 Å². The van der Waals surface area contributed by atoms with Crippen molar-refractivity contribution < 1.29 is 12.8 Å². The molecule has 3 rings (SSSR count). The number of hydrogen-bond acceptors (Lipinski definition) is 2. The minimum absolute atomic E-state index is 0.116. The fourth-order valence-corrected chi connectivity index (χ4v) is 3.65. The highest BCUT2D eigenvalue weighted by Gasteiger charge is 2.22. The molecular weight excluding hydrogens is 361 g/mol. The third kappa shape index (κ3) is 4.75. The van der Waals surface area contributed by atoms with Crippen molar-refractivity contribution in [2.45, 2.75) is 18.4 Å². The summed E-state index contributed by atoms with van der Waals surface area (Å²) >= 11 is 0. The van der Waals surface area contributed by atoms with Crippen molar-refractivity contribution in [3.05, 3.63) is 101 Å². The third-order valence-corrected chi connectivity index (χ3v) is 5.62. The summed E-state index contributed by atoms with van der Waals surface area (Å²) in [6, 6.07) is 24.2. The fourth-order valence-electron chi connectivity index (χ4n) is 2.43. The Morgan fingerprint density at radius 3 is 2.15 bits per heavy atom. The van der Waals surface area contributed by atoms with Crippen molar-refractivity contribution in [1.82, 2.24) is 4.31 Å². The molecule has 136 valence electrons. The average molecular weight is 379 g/mol. The molecular formula is C22H18FNO2S. The molecule has 0 aliphatic rings. The molecule has 3 aromatic rings. The van der Waals surface area contributed by atoms with Crippen LogP contribution in [0.25, 0.3) is 0 Å². The van der Waals surface area contributed by atoms with Gasteiger partial charge in [-0.05, 0) is 54.8 Å².